The number of nitrogens with one attached hydrogen (secondary N) is 2. The quantitative estimate of drug-likeness (QED) is 0.396. The molecule has 0 amide bonds. The van der Waals surface area contributed by atoms with E-state index < -0.39 is 22.9 Å². The highest BCUT2D eigenvalue weighted by molar-refractivity contribution is 6.37. The lowest BCUT2D eigenvalue weighted by Gasteiger charge is -2.12. The highest BCUT2D eigenvalue weighted by atomic mass is 35.5. The molecule has 4 aromatic rings. The van der Waals surface area contributed by atoms with Crippen LogP contribution in [-0.2, 0) is 0 Å². The molecular formula is C19H14Cl2N6O5. The summed E-state index contributed by atoms with van der Waals surface area (Å²) in [7, 11) is 0. The van der Waals surface area contributed by atoms with E-state index in [0.29, 0.717) is 10.3 Å². The number of aromatic amines is 2. The lowest BCUT2D eigenvalue weighted by Crippen LogP contribution is -2.35. The number of halogens is 2. The Morgan fingerprint density at radius 2 is 1.84 bits per heavy atom. The molecule has 0 aliphatic rings. The van der Waals surface area contributed by atoms with Crippen LogP contribution in [0.2, 0.25) is 10.0 Å². The van der Waals surface area contributed by atoms with Gasteiger partial charge in [-0.3, -0.25) is 9.78 Å². The van der Waals surface area contributed by atoms with Gasteiger partial charge in [-0.05, 0) is 23.6 Å². The van der Waals surface area contributed by atoms with Crippen molar-refractivity contribution < 1.29 is 14.6 Å². The molecule has 0 bridgehead atoms. The highest BCUT2D eigenvalue weighted by Crippen LogP contribution is 2.38. The number of aromatic carboxylic acids is 1. The van der Waals surface area contributed by atoms with Gasteiger partial charge in [-0.2, -0.15) is 9.78 Å². The van der Waals surface area contributed by atoms with Gasteiger partial charge in [0.25, 0.3) is 5.56 Å². The van der Waals surface area contributed by atoms with E-state index in [0.717, 1.165) is 10.9 Å². The third-order valence-corrected chi connectivity index (χ3v) is 5.10. The van der Waals surface area contributed by atoms with Crippen molar-refractivity contribution in [1.29, 1.82) is 0 Å². The van der Waals surface area contributed by atoms with Gasteiger partial charge in [0.2, 0.25) is 11.6 Å². The molecular weight excluding hydrogens is 463 g/mol. The normalized spacial score (nSPS) is 11.3. The Bertz CT molecular complexity index is 1470. The number of rotatable bonds is 5. The minimum absolute atomic E-state index is 0.00989. The first-order chi connectivity index (χ1) is 15.2. The van der Waals surface area contributed by atoms with Crippen LogP contribution in [0.25, 0.3) is 16.7 Å². The summed E-state index contributed by atoms with van der Waals surface area (Å²) in [5, 5.41) is 21.5. The topological polar surface area (TPSA) is 156 Å². The largest absolute Gasteiger partial charge is 0.476 e. The number of fused-ring (bicyclic) bond motifs is 1. The summed E-state index contributed by atoms with van der Waals surface area (Å²) in [4.78, 5) is 39.8. The molecule has 3 heterocycles. The van der Waals surface area contributed by atoms with E-state index in [1.165, 1.54) is 12.1 Å². The van der Waals surface area contributed by atoms with Crippen molar-refractivity contribution in [3.8, 4) is 17.3 Å². The van der Waals surface area contributed by atoms with Crippen LogP contribution in [0.1, 0.15) is 35.8 Å². The van der Waals surface area contributed by atoms with Crippen molar-refractivity contribution >= 4 is 40.2 Å². The minimum Gasteiger partial charge on any atom is -0.476 e. The predicted molar refractivity (Wildman–Crippen MR) is 115 cm³/mol. The number of hydrogen-bond acceptors (Lipinski definition) is 7. The summed E-state index contributed by atoms with van der Waals surface area (Å²) in [6.07, 6.45) is 1.85. The third-order valence-electron chi connectivity index (χ3n) is 4.53. The summed E-state index contributed by atoms with van der Waals surface area (Å²) in [6, 6.07) is 4.26. The van der Waals surface area contributed by atoms with Crippen molar-refractivity contribution in [2.45, 2.75) is 19.8 Å². The van der Waals surface area contributed by atoms with E-state index in [1.54, 1.807) is 6.07 Å². The molecule has 0 aliphatic carbocycles. The number of nitrogens with zero attached hydrogens (tertiary/aromatic N) is 4. The number of benzene rings is 1. The first-order valence-electron chi connectivity index (χ1n) is 9.14. The fraction of sp³-hybridized carbons (Fsp3) is 0.158. The standard InChI is InChI=1S/C19H14Cl2N6O5/c1-7(2)10-6-22-16-9(10)5-13(24-25-16)32-15-11(20)3-8(4-12(15)21)27-19(31)23-17(28)14(26-27)18(29)30/h3-7H,1-2H3,(H,22,25)(H,29,30)(H,23,28,31). The van der Waals surface area contributed by atoms with Gasteiger partial charge in [-0.25, -0.2) is 9.59 Å². The lowest BCUT2D eigenvalue weighted by molar-refractivity contribution is 0.0685. The molecule has 3 aromatic heterocycles. The number of carboxylic acid groups (broad SMARTS) is 1. The van der Waals surface area contributed by atoms with Crippen molar-refractivity contribution in [3.63, 3.8) is 0 Å². The van der Waals surface area contributed by atoms with Crippen LogP contribution >= 0.6 is 23.2 Å². The van der Waals surface area contributed by atoms with Gasteiger partial charge in [-0.1, -0.05) is 37.0 Å². The maximum absolute atomic E-state index is 12.1. The van der Waals surface area contributed by atoms with Crippen LogP contribution in [0.3, 0.4) is 0 Å². The zero-order valence-corrected chi connectivity index (χ0v) is 18.0. The molecule has 32 heavy (non-hydrogen) atoms. The van der Waals surface area contributed by atoms with Crippen molar-refractivity contribution in [1.82, 2.24) is 29.9 Å². The van der Waals surface area contributed by atoms with Crippen molar-refractivity contribution in [3.05, 3.63) is 66.5 Å². The third kappa shape index (κ3) is 3.83. The zero-order chi connectivity index (χ0) is 23.2. The molecule has 0 spiro atoms. The summed E-state index contributed by atoms with van der Waals surface area (Å²) < 4.78 is 6.40. The molecule has 0 saturated heterocycles. The smallest absolute Gasteiger partial charge is 0.362 e. The summed E-state index contributed by atoms with van der Waals surface area (Å²) in [5.41, 5.74) is -1.31. The Morgan fingerprint density at radius 3 is 2.47 bits per heavy atom. The summed E-state index contributed by atoms with van der Waals surface area (Å²) in [6.45, 7) is 4.08. The van der Waals surface area contributed by atoms with Crippen LogP contribution in [0.4, 0.5) is 0 Å². The average molecular weight is 477 g/mol. The maximum Gasteiger partial charge on any atom is 0.362 e. The van der Waals surface area contributed by atoms with Crippen LogP contribution in [0.15, 0.2) is 34.0 Å². The monoisotopic (exact) mass is 476 g/mol. The van der Waals surface area contributed by atoms with Crippen LogP contribution in [-0.4, -0.2) is 41.0 Å². The molecule has 3 N–H and O–H groups in total. The molecule has 0 atom stereocenters. The van der Waals surface area contributed by atoms with Crippen molar-refractivity contribution in [2.24, 2.45) is 0 Å². The van der Waals surface area contributed by atoms with Crippen LogP contribution in [0, 0.1) is 0 Å². The Kier molecular flexibility index (Phi) is 5.45. The van der Waals surface area contributed by atoms with E-state index in [4.69, 9.17) is 33.0 Å². The fourth-order valence-corrected chi connectivity index (χ4v) is 3.59. The number of aromatic nitrogens is 6. The molecule has 13 heteroatoms. The minimum atomic E-state index is -1.60. The number of hydrogen-bond donors (Lipinski definition) is 3. The highest BCUT2D eigenvalue weighted by Gasteiger charge is 2.18. The Morgan fingerprint density at radius 1 is 1.16 bits per heavy atom. The number of carbonyl (C=O) groups is 1. The lowest BCUT2D eigenvalue weighted by atomic mass is 10.0. The molecule has 0 fully saturated rings. The number of ether oxygens (including phenoxy) is 1. The second kappa shape index (κ2) is 8.09. The average Bonchev–Trinajstić information content (AvgIpc) is 3.14. The molecule has 0 saturated carbocycles. The molecule has 0 aliphatic heterocycles. The van der Waals surface area contributed by atoms with Crippen LogP contribution < -0.4 is 16.0 Å². The molecule has 164 valence electrons. The molecule has 0 radical (unpaired) electrons. The van der Waals surface area contributed by atoms with Gasteiger partial charge in [0.15, 0.2) is 11.4 Å². The van der Waals surface area contributed by atoms with E-state index in [9.17, 15) is 14.4 Å². The zero-order valence-electron chi connectivity index (χ0n) is 16.5. The van der Waals surface area contributed by atoms with Gasteiger partial charge >= 0.3 is 11.7 Å². The molecule has 4 rings (SSSR count). The van der Waals surface area contributed by atoms with Gasteiger partial charge in [0, 0.05) is 17.6 Å². The number of H-pyrrole nitrogens is 2. The van der Waals surface area contributed by atoms with Gasteiger partial charge < -0.3 is 14.8 Å². The van der Waals surface area contributed by atoms with E-state index in [2.05, 4.69) is 20.3 Å². The SMILES string of the molecule is CC(C)c1c[nH]c2nnc(Oc3c(Cl)cc(-n4nc(C(=O)O)c(=O)[nH]c4=O)cc3Cl)cc12. The van der Waals surface area contributed by atoms with Gasteiger partial charge in [-0.15, -0.1) is 10.2 Å². The molecule has 0 unspecified atom stereocenters. The van der Waals surface area contributed by atoms with Crippen LogP contribution in [0.5, 0.6) is 11.6 Å². The van der Waals surface area contributed by atoms with Gasteiger partial charge in [0.05, 0.1) is 15.7 Å². The molecule has 1 aromatic carbocycles. The second-order valence-electron chi connectivity index (χ2n) is 7.01. The predicted octanol–water partition coefficient (Wildman–Crippen LogP) is 3.11. The Hall–Kier alpha value is -3.70. The van der Waals surface area contributed by atoms with Gasteiger partial charge in [0.1, 0.15) is 0 Å². The van der Waals surface area contributed by atoms with E-state index in [-0.39, 0.29) is 33.3 Å². The van der Waals surface area contributed by atoms with Crippen molar-refractivity contribution in [2.75, 3.05) is 0 Å². The van der Waals surface area contributed by atoms with E-state index >= 15 is 0 Å². The van der Waals surface area contributed by atoms with E-state index in [1.807, 2.05) is 25.0 Å². The summed E-state index contributed by atoms with van der Waals surface area (Å²) in [5.74, 6) is -1.17. The summed E-state index contributed by atoms with van der Waals surface area (Å²) >= 11 is 12.6. The second-order valence-corrected chi connectivity index (χ2v) is 7.82. The molecule has 11 nitrogen and oxygen atoms in total. The fourth-order valence-electron chi connectivity index (χ4n) is 3.04. The Labute approximate surface area is 188 Å². The Balaban J connectivity index is 1.75. The number of carboxylic acids is 1. The maximum atomic E-state index is 12.1. The first kappa shape index (κ1) is 21.5. The first-order valence-corrected chi connectivity index (χ1v) is 9.90.